The quantitative estimate of drug-likeness (QED) is 0.459. The molecule has 4 aromatic rings. The van der Waals surface area contributed by atoms with E-state index in [9.17, 15) is 14.4 Å². The van der Waals surface area contributed by atoms with Crippen LogP contribution in [-0.4, -0.2) is 33.3 Å². The summed E-state index contributed by atoms with van der Waals surface area (Å²) < 4.78 is 7.23. The monoisotopic (exact) mass is 476 g/mol. The van der Waals surface area contributed by atoms with E-state index in [1.165, 1.54) is 11.3 Å². The van der Waals surface area contributed by atoms with Crippen LogP contribution >= 0.6 is 11.3 Å². The predicted molar refractivity (Wildman–Crippen MR) is 129 cm³/mol. The van der Waals surface area contributed by atoms with E-state index in [-0.39, 0.29) is 23.9 Å². The van der Waals surface area contributed by atoms with Gasteiger partial charge in [0.15, 0.2) is 0 Å². The molecule has 1 N–H and O–H groups in total. The summed E-state index contributed by atoms with van der Waals surface area (Å²) in [5, 5.41) is 3.14. The molecule has 1 aliphatic heterocycles. The van der Waals surface area contributed by atoms with Gasteiger partial charge in [0.2, 0.25) is 0 Å². The van der Waals surface area contributed by atoms with E-state index in [0.717, 1.165) is 24.2 Å². The number of rotatable bonds is 6. The van der Waals surface area contributed by atoms with Gasteiger partial charge in [0, 0.05) is 32.1 Å². The minimum Gasteiger partial charge on any atom is -0.467 e. The second kappa shape index (κ2) is 8.90. The number of benzene rings is 1. The topological polar surface area (TPSA) is 97.4 Å². The lowest BCUT2D eigenvalue weighted by atomic mass is 10.1. The molecule has 0 saturated heterocycles. The number of thiophene rings is 1. The molecule has 4 heterocycles. The lowest BCUT2D eigenvalue weighted by Crippen LogP contribution is -2.30. The number of amides is 2. The van der Waals surface area contributed by atoms with Crippen LogP contribution in [0.2, 0.25) is 0 Å². The fraction of sp³-hybridized carbons (Fsp3) is 0.280. The Morgan fingerprint density at radius 2 is 2.00 bits per heavy atom. The SMILES string of the molecule is CNC(=O)c1ccc(CN(Cc2ccco2)C(=O)c2sc3nc4n(c(=O)c3c2C)CCC4)cc1. The number of carbonyl (C=O) groups is 2. The summed E-state index contributed by atoms with van der Waals surface area (Å²) in [6.07, 6.45) is 3.27. The Hall–Kier alpha value is -3.72. The molecule has 5 rings (SSSR count). The first-order valence-electron chi connectivity index (χ1n) is 11.1. The summed E-state index contributed by atoms with van der Waals surface area (Å²) in [6.45, 7) is 3.09. The summed E-state index contributed by atoms with van der Waals surface area (Å²) in [6, 6.07) is 10.8. The van der Waals surface area contributed by atoms with Gasteiger partial charge >= 0.3 is 0 Å². The van der Waals surface area contributed by atoms with E-state index in [1.54, 1.807) is 41.0 Å². The minimum atomic E-state index is -0.183. The number of aromatic nitrogens is 2. The Bertz CT molecular complexity index is 1430. The molecule has 174 valence electrons. The molecule has 0 spiro atoms. The maximum atomic E-state index is 13.7. The van der Waals surface area contributed by atoms with Crippen LogP contribution in [0.25, 0.3) is 10.2 Å². The molecule has 0 fully saturated rings. The first-order valence-corrected chi connectivity index (χ1v) is 11.9. The van der Waals surface area contributed by atoms with Gasteiger partial charge in [-0.3, -0.25) is 19.0 Å². The summed E-state index contributed by atoms with van der Waals surface area (Å²) >= 11 is 1.27. The zero-order chi connectivity index (χ0) is 23.8. The Morgan fingerprint density at radius 1 is 1.21 bits per heavy atom. The lowest BCUT2D eigenvalue weighted by Gasteiger charge is -2.22. The van der Waals surface area contributed by atoms with Crippen LogP contribution in [0.3, 0.4) is 0 Å². The van der Waals surface area contributed by atoms with Crippen LogP contribution in [0.5, 0.6) is 0 Å². The van der Waals surface area contributed by atoms with Crippen LogP contribution in [0.15, 0.2) is 51.9 Å². The van der Waals surface area contributed by atoms with E-state index < -0.39 is 0 Å². The average molecular weight is 477 g/mol. The highest BCUT2D eigenvalue weighted by Gasteiger charge is 2.26. The van der Waals surface area contributed by atoms with Crippen molar-refractivity contribution in [1.82, 2.24) is 19.8 Å². The van der Waals surface area contributed by atoms with Gasteiger partial charge in [0.25, 0.3) is 17.4 Å². The molecule has 34 heavy (non-hydrogen) atoms. The van der Waals surface area contributed by atoms with Crippen molar-refractivity contribution in [1.29, 1.82) is 0 Å². The molecule has 1 aliphatic rings. The Labute approximate surface area is 199 Å². The third-order valence-electron chi connectivity index (χ3n) is 6.14. The number of aryl methyl sites for hydroxylation is 2. The maximum absolute atomic E-state index is 13.7. The fourth-order valence-corrected chi connectivity index (χ4v) is 5.50. The molecule has 0 radical (unpaired) electrons. The van der Waals surface area contributed by atoms with Gasteiger partial charge in [-0.2, -0.15) is 0 Å². The second-order valence-corrected chi connectivity index (χ2v) is 9.34. The van der Waals surface area contributed by atoms with Gasteiger partial charge < -0.3 is 14.6 Å². The molecule has 8 nitrogen and oxygen atoms in total. The molecular weight excluding hydrogens is 452 g/mol. The second-order valence-electron chi connectivity index (χ2n) is 8.34. The van der Waals surface area contributed by atoms with Crippen LogP contribution in [0, 0.1) is 6.92 Å². The number of furan rings is 1. The van der Waals surface area contributed by atoms with Crippen molar-refractivity contribution in [2.24, 2.45) is 0 Å². The predicted octanol–water partition coefficient (Wildman–Crippen LogP) is 3.51. The summed E-state index contributed by atoms with van der Waals surface area (Å²) in [5.74, 6) is 1.10. The molecule has 1 aromatic carbocycles. The van der Waals surface area contributed by atoms with Gasteiger partial charge in [-0.15, -0.1) is 11.3 Å². The smallest absolute Gasteiger partial charge is 0.265 e. The third-order valence-corrected chi connectivity index (χ3v) is 7.31. The van der Waals surface area contributed by atoms with Crippen molar-refractivity contribution in [2.45, 2.75) is 39.4 Å². The first-order chi connectivity index (χ1) is 16.5. The zero-order valence-corrected chi connectivity index (χ0v) is 19.8. The van der Waals surface area contributed by atoms with E-state index in [1.807, 2.05) is 25.1 Å². The molecule has 0 bridgehead atoms. The highest BCUT2D eigenvalue weighted by Crippen LogP contribution is 2.30. The highest BCUT2D eigenvalue weighted by molar-refractivity contribution is 7.20. The van der Waals surface area contributed by atoms with Crippen molar-refractivity contribution in [3.8, 4) is 0 Å². The largest absolute Gasteiger partial charge is 0.467 e. The van der Waals surface area contributed by atoms with Gasteiger partial charge in [0.05, 0.1) is 23.1 Å². The number of nitrogens with one attached hydrogen (secondary N) is 1. The maximum Gasteiger partial charge on any atom is 0.265 e. The van der Waals surface area contributed by atoms with E-state index in [4.69, 9.17) is 4.42 Å². The number of nitrogens with zero attached hydrogens (tertiary/aromatic N) is 3. The van der Waals surface area contributed by atoms with Crippen molar-refractivity contribution in [3.05, 3.63) is 86.2 Å². The minimum absolute atomic E-state index is 0.0623. The van der Waals surface area contributed by atoms with Gasteiger partial charge in [0.1, 0.15) is 16.4 Å². The Morgan fingerprint density at radius 3 is 2.71 bits per heavy atom. The molecular formula is C25H24N4O4S. The van der Waals surface area contributed by atoms with Crippen molar-refractivity contribution in [2.75, 3.05) is 7.05 Å². The van der Waals surface area contributed by atoms with E-state index >= 15 is 0 Å². The lowest BCUT2D eigenvalue weighted by molar-refractivity contribution is 0.0721. The normalized spacial score (nSPS) is 12.6. The summed E-state index contributed by atoms with van der Waals surface area (Å²) in [7, 11) is 1.59. The molecule has 3 aromatic heterocycles. The van der Waals surface area contributed by atoms with Crippen molar-refractivity contribution >= 4 is 33.4 Å². The Balaban J connectivity index is 1.50. The van der Waals surface area contributed by atoms with Crippen LogP contribution in [0.4, 0.5) is 0 Å². The fourth-order valence-electron chi connectivity index (χ4n) is 4.34. The van der Waals surface area contributed by atoms with E-state index in [0.29, 0.717) is 45.1 Å². The summed E-state index contributed by atoms with van der Waals surface area (Å²) in [4.78, 5) is 46.2. The highest BCUT2D eigenvalue weighted by atomic mass is 32.1. The van der Waals surface area contributed by atoms with Crippen molar-refractivity contribution < 1.29 is 14.0 Å². The third kappa shape index (κ3) is 3.92. The average Bonchev–Trinajstić information content (AvgIpc) is 3.59. The standard InChI is InChI=1S/C25H24N4O4S/c1-15-20-23(27-19-6-3-11-29(19)24(20)31)34-21(15)25(32)28(14-18-5-4-12-33-18)13-16-7-9-17(10-8-16)22(30)26-2/h4-5,7-10,12H,3,6,11,13-14H2,1-2H3,(H,26,30). The van der Waals surface area contributed by atoms with Gasteiger partial charge in [-0.05, 0) is 48.7 Å². The molecule has 0 unspecified atom stereocenters. The van der Waals surface area contributed by atoms with Gasteiger partial charge in [-0.25, -0.2) is 4.98 Å². The molecule has 0 atom stereocenters. The molecule has 0 aliphatic carbocycles. The zero-order valence-electron chi connectivity index (χ0n) is 19.0. The number of carbonyl (C=O) groups excluding carboxylic acids is 2. The van der Waals surface area contributed by atoms with Gasteiger partial charge in [-0.1, -0.05) is 12.1 Å². The number of hydrogen-bond acceptors (Lipinski definition) is 6. The summed E-state index contributed by atoms with van der Waals surface area (Å²) in [5.41, 5.74) is 2.04. The van der Waals surface area contributed by atoms with Crippen LogP contribution < -0.4 is 10.9 Å². The van der Waals surface area contributed by atoms with Crippen molar-refractivity contribution in [3.63, 3.8) is 0 Å². The van der Waals surface area contributed by atoms with E-state index in [2.05, 4.69) is 10.3 Å². The molecule has 0 saturated carbocycles. The molecule has 2 amide bonds. The van der Waals surface area contributed by atoms with Crippen LogP contribution in [-0.2, 0) is 26.1 Å². The molecule has 9 heteroatoms. The number of fused-ring (bicyclic) bond motifs is 2. The first kappa shape index (κ1) is 22.1. The van der Waals surface area contributed by atoms with Crippen LogP contribution in [0.1, 0.15) is 49.2 Å². The number of hydrogen-bond donors (Lipinski definition) is 1. The Kier molecular flexibility index (Phi) is 5.79.